The summed E-state index contributed by atoms with van der Waals surface area (Å²) < 4.78 is 13.5. The maximum Gasteiger partial charge on any atom is 0.185 e. The number of ketones is 2. The Bertz CT molecular complexity index is 759. The minimum atomic E-state index is -1.95. The molecule has 0 aliphatic heterocycles. The zero-order valence-corrected chi connectivity index (χ0v) is 21.1. The highest BCUT2D eigenvalue weighted by molar-refractivity contribution is 6.70. The van der Waals surface area contributed by atoms with Gasteiger partial charge in [-0.2, -0.15) is 0 Å². The van der Waals surface area contributed by atoms with Gasteiger partial charge in [-0.25, -0.2) is 0 Å². The molecule has 8 fully saturated rings. The van der Waals surface area contributed by atoms with Crippen LogP contribution in [0.25, 0.3) is 0 Å². The van der Waals surface area contributed by atoms with Gasteiger partial charge in [0.1, 0.15) is 11.2 Å². The average Bonchev–Trinajstić information content (AvgIpc) is 2.50. The molecule has 0 saturated heterocycles. The van der Waals surface area contributed by atoms with E-state index in [1.807, 2.05) is 0 Å². The van der Waals surface area contributed by atoms with Gasteiger partial charge in [0.25, 0.3) is 0 Å². The van der Waals surface area contributed by atoms with Crippen molar-refractivity contribution in [3.05, 3.63) is 0 Å². The lowest BCUT2D eigenvalue weighted by molar-refractivity contribution is -0.427. The fourth-order valence-corrected chi connectivity index (χ4v) is 12.4. The molecule has 6 heteroatoms. The third-order valence-electron chi connectivity index (χ3n) is 9.28. The van der Waals surface area contributed by atoms with Crippen LogP contribution in [-0.4, -0.2) is 39.4 Å². The summed E-state index contributed by atoms with van der Waals surface area (Å²) in [6.07, 6.45) is 0. The van der Waals surface area contributed by atoms with E-state index in [-0.39, 0.29) is 34.5 Å². The maximum absolute atomic E-state index is 13.9. The first-order chi connectivity index (χ1) is 12.5. The second-order valence-electron chi connectivity index (χ2n) is 13.0. The summed E-state index contributed by atoms with van der Waals surface area (Å²) in [6.45, 7) is 21.5. The first kappa shape index (κ1) is 19.6. The Labute approximate surface area is 171 Å². The molecule has 156 valence electrons. The molecule has 28 heavy (non-hydrogen) atoms. The van der Waals surface area contributed by atoms with Crippen molar-refractivity contribution in [2.75, 3.05) is 0 Å². The average molecular weight is 421 g/mol. The molecule has 8 saturated carbocycles. The van der Waals surface area contributed by atoms with E-state index in [1.54, 1.807) is 0 Å². The summed E-state index contributed by atoms with van der Waals surface area (Å²) in [6, 6.07) is 0. The minimum absolute atomic E-state index is 0.109. The van der Waals surface area contributed by atoms with Crippen LogP contribution in [0.2, 0.25) is 39.3 Å². The highest BCUT2D eigenvalue weighted by atomic mass is 28.4. The van der Waals surface area contributed by atoms with E-state index < -0.39 is 27.8 Å². The molecule has 8 aliphatic carbocycles. The Morgan fingerprint density at radius 2 is 0.821 bits per heavy atom. The normalized spacial score (nSPS) is 58.6. The van der Waals surface area contributed by atoms with E-state index in [9.17, 15) is 9.59 Å². The van der Waals surface area contributed by atoms with Crippen LogP contribution in [0.5, 0.6) is 0 Å². The number of hydrogen-bond acceptors (Lipinski definition) is 4. The van der Waals surface area contributed by atoms with Crippen LogP contribution >= 0.6 is 0 Å². The van der Waals surface area contributed by atoms with Crippen molar-refractivity contribution >= 4 is 28.2 Å². The lowest BCUT2D eigenvalue weighted by Gasteiger charge is -2.92. The minimum Gasteiger partial charge on any atom is -0.405 e. The predicted molar refractivity (Wildman–Crippen MR) is 113 cm³/mol. The lowest BCUT2D eigenvalue weighted by Crippen LogP contribution is -2.98. The molecule has 0 spiro atoms. The van der Waals surface area contributed by atoms with Gasteiger partial charge in [0, 0.05) is 22.7 Å². The van der Waals surface area contributed by atoms with Crippen molar-refractivity contribution in [1.82, 2.24) is 0 Å². The van der Waals surface area contributed by atoms with Crippen LogP contribution in [0.15, 0.2) is 0 Å². The lowest BCUT2D eigenvalue weighted by atomic mass is 9.10. The van der Waals surface area contributed by atoms with Crippen LogP contribution in [0.4, 0.5) is 0 Å². The number of Topliss-reactive ketones (excluding diaryl/α,β-unsaturated/α-hetero) is 2. The van der Waals surface area contributed by atoms with Crippen molar-refractivity contribution in [2.24, 2.45) is 46.3 Å². The molecule has 0 aromatic carbocycles. The molecular formula is C22H36O4Si2. The monoisotopic (exact) mass is 420 g/mol. The molecule has 10 atom stereocenters. The smallest absolute Gasteiger partial charge is 0.185 e. The SMILES string of the molecule is CC1(O[Si](C)(C)C)C(=O)C2(C)C3C4C1C1C2C3C1(C)C(=O)C4(C)O[Si](C)(C)C. The van der Waals surface area contributed by atoms with E-state index in [4.69, 9.17) is 8.85 Å². The van der Waals surface area contributed by atoms with Crippen molar-refractivity contribution < 1.29 is 18.4 Å². The van der Waals surface area contributed by atoms with Crippen molar-refractivity contribution in [1.29, 1.82) is 0 Å². The topological polar surface area (TPSA) is 52.6 Å². The van der Waals surface area contributed by atoms with Crippen molar-refractivity contribution in [3.8, 4) is 0 Å². The van der Waals surface area contributed by atoms with Crippen molar-refractivity contribution in [2.45, 2.75) is 78.2 Å². The molecule has 0 radical (unpaired) electrons. The maximum atomic E-state index is 13.9. The quantitative estimate of drug-likeness (QED) is 0.642. The van der Waals surface area contributed by atoms with E-state index >= 15 is 0 Å². The highest BCUT2D eigenvalue weighted by Crippen LogP contribution is 2.92. The largest absolute Gasteiger partial charge is 0.405 e. The molecular weight excluding hydrogens is 384 g/mol. The summed E-state index contributed by atoms with van der Waals surface area (Å²) in [5, 5.41) is 0. The Hall–Kier alpha value is -0.306. The molecule has 0 aromatic heterocycles. The fourth-order valence-electron chi connectivity index (χ4n) is 9.38. The molecule has 8 aliphatic rings. The number of rotatable bonds is 4. The molecule has 8 bridgehead atoms. The van der Waals surface area contributed by atoms with Crippen LogP contribution in [0, 0.1) is 46.3 Å². The van der Waals surface area contributed by atoms with E-state index in [1.165, 1.54) is 0 Å². The first-order valence-corrected chi connectivity index (χ1v) is 17.8. The summed E-state index contributed by atoms with van der Waals surface area (Å²) in [4.78, 5) is 27.7. The molecule has 0 heterocycles. The van der Waals surface area contributed by atoms with Crippen LogP contribution in [0.1, 0.15) is 27.7 Å². The Morgan fingerprint density at radius 3 is 1.07 bits per heavy atom. The molecule has 10 unspecified atom stereocenters. The first-order valence-electron chi connectivity index (χ1n) is 11.0. The summed E-state index contributed by atoms with van der Waals surface area (Å²) in [7, 11) is -3.90. The molecule has 0 amide bonds. The van der Waals surface area contributed by atoms with Crippen LogP contribution in [0.3, 0.4) is 0 Å². The predicted octanol–water partition coefficient (Wildman–Crippen LogP) is 4.12. The van der Waals surface area contributed by atoms with Gasteiger partial charge in [-0.05, 0) is 76.8 Å². The standard InChI is InChI=1S/C22H36O4Si2/c1-19-11-12-13(19)15-16(21(3,17(19)23)25-27(5,6)7)14(11)20(12,2)18(24)22(15,4)26-28(8,9)10/h11-16H,1-10H3. The molecule has 0 aromatic rings. The van der Waals surface area contributed by atoms with Gasteiger partial charge in [0.2, 0.25) is 0 Å². The van der Waals surface area contributed by atoms with E-state index in [2.05, 4.69) is 67.0 Å². The Kier molecular flexibility index (Phi) is 3.25. The van der Waals surface area contributed by atoms with Gasteiger partial charge in [0.15, 0.2) is 28.2 Å². The van der Waals surface area contributed by atoms with E-state index in [0.29, 0.717) is 23.4 Å². The van der Waals surface area contributed by atoms with Crippen molar-refractivity contribution in [3.63, 3.8) is 0 Å². The third kappa shape index (κ3) is 1.71. The summed E-state index contributed by atoms with van der Waals surface area (Å²) in [5.74, 6) is 2.18. The van der Waals surface area contributed by atoms with E-state index in [0.717, 1.165) is 0 Å². The summed E-state index contributed by atoms with van der Waals surface area (Å²) >= 11 is 0. The molecule has 8 rings (SSSR count). The zero-order valence-electron chi connectivity index (χ0n) is 19.1. The second kappa shape index (κ2) is 4.63. The van der Waals surface area contributed by atoms with Gasteiger partial charge in [-0.15, -0.1) is 0 Å². The number of hydrogen-bond donors (Lipinski definition) is 0. The Balaban J connectivity index is 1.71. The zero-order chi connectivity index (χ0) is 21.0. The van der Waals surface area contributed by atoms with Gasteiger partial charge >= 0.3 is 0 Å². The van der Waals surface area contributed by atoms with Gasteiger partial charge in [-0.3, -0.25) is 9.59 Å². The van der Waals surface area contributed by atoms with Gasteiger partial charge < -0.3 is 8.85 Å². The van der Waals surface area contributed by atoms with Gasteiger partial charge in [-0.1, -0.05) is 13.8 Å². The molecule has 0 N–H and O–H groups in total. The third-order valence-corrected chi connectivity index (χ3v) is 11.4. The van der Waals surface area contributed by atoms with Crippen LogP contribution < -0.4 is 0 Å². The number of carbonyl (C=O) groups excluding carboxylic acids is 2. The second-order valence-corrected chi connectivity index (χ2v) is 21.9. The number of carbonyl (C=O) groups is 2. The number of fused-ring (bicyclic) bond motifs is 2. The van der Waals surface area contributed by atoms with Gasteiger partial charge in [0.05, 0.1) is 0 Å². The Morgan fingerprint density at radius 1 is 0.571 bits per heavy atom. The highest BCUT2D eigenvalue weighted by Gasteiger charge is 2.97. The fraction of sp³-hybridized carbons (Fsp3) is 0.909. The summed E-state index contributed by atoms with van der Waals surface area (Å²) in [5.41, 5.74) is -2.24. The van der Waals surface area contributed by atoms with Crippen LogP contribution in [-0.2, 0) is 18.4 Å². The molecule has 4 nitrogen and oxygen atoms in total.